The number of nitrogens with one attached hydrogen (secondary N) is 2. The Kier molecular flexibility index (Phi) is 9.47. The number of urea groups is 1. The fraction of sp³-hybridized carbons (Fsp3) is 0.375. The lowest BCUT2D eigenvalue weighted by molar-refractivity contribution is 0.208. The SMILES string of the molecule is CCCCCN(Cc1ccc(-c2ccccc2-c2nn[nH]n2)cc1)C(=O)Nc1c(C(C)C)cccc1C(C)C. The van der Waals surface area contributed by atoms with E-state index < -0.39 is 0 Å². The second-order valence-electron chi connectivity index (χ2n) is 10.7. The van der Waals surface area contributed by atoms with Crippen LogP contribution in [0.25, 0.3) is 22.5 Å². The molecule has 204 valence electrons. The van der Waals surface area contributed by atoms with Gasteiger partial charge in [0, 0.05) is 24.3 Å². The Morgan fingerprint density at radius 1 is 0.872 bits per heavy atom. The van der Waals surface area contributed by atoms with E-state index in [0.717, 1.165) is 47.2 Å². The smallest absolute Gasteiger partial charge is 0.320 e. The van der Waals surface area contributed by atoms with Crippen molar-refractivity contribution in [3.05, 3.63) is 83.4 Å². The minimum Gasteiger partial charge on any atom is -0.320 e. The Morgan fingerprint density at radius 2 is 1.54 bits per heavy atom. The molecular formula is C32H40N6O. The van der Waals surface area contributed by atoms with Crippen LogP contribution in [-0.2, 0) is 6.54 Å². The molecule has 39 heavy (non-hydrogen) atoms. The van der Waals surface area contributed by atoms with Crippen molar-refractivity contribution in [2.24, 2.45) is 0 Å². The maximum absolute atomic E-state index is 13.7. The molecule has 0 atom stereocenters. The number of nitrogens with zero attached hydrogens (tertiary/aromatic N) is 4. The number of H-pyrrole nitrogens is 1. The molecule has 0 spiro atoms. The largest absolute Gasteiger partial charge is 0.322 e. The van der Waals surface area contributed by atoms with Gasteiger partial charge in [0.25, 0.3) is 0 Å². The third-order valence-corrected chi connectivity index (χ3v) is 7.08. The van der Waals surface area contributed by atoms with Crippen molar-refractivity contribution >= 4 is 11.7 Å². The van der Waals surface area contributed by atoms with Gasteiger partial charge in [-0.1, -0.05) is 114 Å². The molecule has 3 aromatic carbocycles. The Bertz CT molecular complexity index is 1320. The monoisotopic (exact) mass is 524 g/mol. The quantitative estimate of drug-likeness (QED) is 0.195. The molecule has 0 radical (unpaired) electrons. The summed E-state index contributed by atoms with van der Waals surface area (Å²) in [6.07, 6.45) is 3.18. The molecule has 7 heteroatoms. The zero-order chi connectivity index (χ0) is 27.8. The zero-order valence-corrected chi connectivity index (χ0v) is 23.7. The summed E-state index contributed by atoms with van der Waals surface area (Å²) in [7, 11) is 0. The fourth-order valence-corrected chi connectivity index (χ4v) is 4.90. The molecule has 0 aliphatic carbocycles. The standard InChI is InChI=1S/C32H40N6O/c1-6-7-10-20-38(32(39)33-30-26(22(2)3)14-11-15-27(30)23(4)5)21-24-16-18-25(19-17-24)28-12-8-9-13-29(28)31-34-36-37-35-31/h8-9,11-19,22-23H,6-7,10,20-21H2,1-5H3,(H,33,39)(H,34,35,36,37). The van der Waals surface area contributed by atoms with Crippen molar-refractivity contribution in [1.29, 1.82) is 0 Å². The molecular weight excluding hydrogens is 484 g/mol. The van der Waals surface area contributed by atoms with Gasteiger partial charge >= 0.3 is 6.03 Å². The highest BCUT2D eigenvalue weighted by Gasteiger charge is 2.20. The number of para-hydroxylation sites is 1. The Morgan fingerprint density at radius 3 is 2.13 bits per heavy atom. The summed E-state index contributed by atoms with van der Waals surface area (Å²) in [5.41, 5.74) is 7.41. The first-order chi connectivity index (χ1) is 18.9. The van der Waals surface area contributed by atoms with E-state index in [-0.39, 0.29) is 6.03 Å². The van der Waals surface area contributed by atoms with Gasteiger partial charge in [-0.3, -0.25) is 0 Å². The highest BCUT2D eigenvalue weighted by Crippen LogP contribution is 2.33. The summed E-state index contributed by atoms with van der Waals surface area (Å²) in [5.74, 6) is 1.20. The van der Waals surface area contributed by atoms with Crippen LogP contribution in [-0.4, -0.2) is 38.1 Å². The minimum absolute atomic E-state index is 0.0485. The molecule has 0 saturated carbocycles. The van der Waals surface area contributed by atoms with Crippen LogP contribution in [0.1, 0.15) is 82.4 Å². The van der Waals surface area contributed by atoms with E-state index in [9.17, 15) is 4.79 Å². The zero-order valence-electron chi connectivity index (χ0n) is 23.7. The molecule has 0 aliphatic rings. The average Bonchev–Trinajstić information content (AvgIpc) is 3.48. The third-order valence-electron chi connectivity index (χ3n) is 7.08. The molecule has 0 bridgehead atoms. The van der Waals surface area contributed by atoms with E-state index in [0.29, 0.717) is 30.7 Å². The summed E-state index contributed by atoms with van der Waals surface area (Å²) >= 11 is 0. The normalized spacial score (nSPS) is 11.3. The third kappa shape index (κ3) is 6.91. The lowest BCUT2D eigenvalue weighted by Gasteiger charge is -2.26. The Hall–Kier alpha value is -4.00. The van der Waals surface area contributed by atoms with Crippen LogP contribution in [0, 0.1) is 0 Å². The Labute approximate surface area is 232 Å². The molecule has 0 aliphatic heterocycles. The summed E-state index contributed by atoms with van der Waals surface area (Å²) in [6.45, 7) is 12.1. The van der Waals surface area contributed by atoms with E-state index in [1.54, 1.807) is 0 Å². The van der Waals surface area contributed by atoms with Crippen molar-refractivity contribution < 1.29 is 4.79 Å². The topological polar surface area (TPSA) is 86.8 Å². The molecule has 7 nitrogen and oxygen atoms in total. The molecule has 1 heterocycles. The minimum atomic E-state index is -0.0485. The number of aromatic nitrogens is 4. The molecule has 0 fully saturated rings. The maximum atomic E-state index is 13.7. The first-order valence-electron chi connectivity index (χ1n) is 14.0. The van der Waals surface area contributed by atoms with Crippen molar-refractivity contribution in [3.63, 3.8) is 0 Å². The number of hydrogen-bond donors (Lipinski definition) is 2. The van der Waals surface area contributed by atoms with E-state index in [1.807, 2.05) is 23.1 Å². The number of carbonyl (C=O) groups is 1. The summed E-state index contributed by atoms with van der Waals surface area (Å²) in [4.78, 5) is 15.7. The van der Waals surface area contributed by atoms with E-state index >= 15 is 0 Å². The van der Waals surface area contributed by atoms with Gasteiger partial charge in [-0.05, 0) is 51.3 Å². The molecule has 2 N–H and O–H groups in total. The van der Waals surface area contributed by atoms with Gasteiger partial charge in [-0.25, -0.2) is 4.79 Å². The van der Waals surface area contributed by atoms with Crippen LogP contribution >= 0.6 is 0 Å². The lowest BCUT2D eigenvalue weighted by atomic mass is 9.93. The van der Waals surface area contributed by atoms with Gasteiger partial charge in [-0.2, -0.15) is 5.21 Å². The van der Waals surface area contributed by atoms with Gasteiger partial charge in [0.05, 0.1) is 0 Å². The second-order valence-corrected chi connectivity index (χ2v) is 10.7. The summed E-state index contributed by atoms with van der Waals surface area (Å²) in [5, 5.41) is 17.9. The lowest BCUT2D eigenvalue weighted by Crippen LogP contribution is -2.36. The average molecular weight is 525 g/mol. The van der Waals surface area contributed by atoms with Crippen LogP contribution in [0.3, 0.4) is 0 Å². The first kappa shape index (κ1) is 28.0. The maximum Gasteiger partial charge on any atom is 0.322 e. The van der Waals surface area contributed by atoms with E-state index in [1.165, 1.54) is 11.1 Å². The molecule has 0 saturated heterocycles. The highest BCUT2D eigenvalue weighted by molar-refractivity contribution is 5.91. The van der Waals surface area contributed by atoms with E-state index in [4.69, 9.17) is 0 Å². The van der Waals surface area contributed by atoms with Gasteiger partial charge in [0.2, 0.25) is 5.82 Å². The number of hydrogen-bond acceptors (Lipinski definition) is 4. The summed E-state index contributed by atoms with van der Waals surface area (Å²) < 4.78 is 0. The predicted molar refractivity (Wildman–Crippen MR) is 159 cm³/mol. The van der Waals surface area contributed by atoms with Crippen LogP contribution in [0.4, 0.5) is 10.5 Å². The van der Waals surface area contributed by atoms with Crippen LogP contribution in [0.15, 0.2) is 66.7 Å². The van der Waals surface area contributed by atoms with Gasteiger partial charge in [0.1, 0.15) is 0 Å². The van der Waals surface area contributed by atoms with E-state index in [2.05, 4.69) is 109 Å². The first-order valence-corrected chi connectivity index (χ1v) is 14.0. The number of aromatic amines is 1. The van der Waals surface area contributed by atoms with Crippen molar-refractivity contribution in [2.45, 2.75) is 72.3 Å². The highest BCUT2D eigenvalue weighted by atomic mass is 16.2. The molecule has 4 aromatic rings. The number of tetrazole rings is 1. The number of rotatable bonds is 11. The van der Waals surface area contributed by atoms with Gasteiger partial charge in [0.15, 0.2) is 0 Å². The fourth-order valence-electron chi connectivity index (χ4n) is 4.90. The number of unbranched alkanes of at least 4 members (excludes halogenated alkanes) is 2. The number of benzene rings is 3. The molecule has 0 unspecified atom stereocenters. The second kappa shape index (κ2) is 13.2. The number of carbonyl (C=O) groups excluding carboxylic acids is 1. The van der Waals surface area contributed by atoms with Crippen LogP contribution in [0.2, 0.25) is 0 Å². The predicted octanol–water partition coefficient (Wildman–Crippen LogP) is 8.00. The van der Waals surface area contributed by atoms with Gasteiger partial charge < -0.3 is 10.2 Å². The molecule has 2 amide bonds. The van der Waals surface area contributed by atoms with Crippen LogP contribution < -0.4 is 5.32 Å². The van der Waals surface area contributed by atoms with Gasteiger partial charge in [-0.15, -0.1) is 10.2 Å². The molecule has 4 rings (SSSR count). The van der Waals surface area contributed by atoms with Crippen LogP contribution in [0.5, 0.6) is 0 Å². The number of amides is 2. The van der Waals surface area contributed by atoms with Crippen molar-refractivity contribution in [3.8, 4) is 22.5 Å². The van der Waals surface area contributed by atoms with Crippen molar-refractivity contribution in [2.75, 3.05) is 11.9 Å². The summed E-state index contributed by atoms with van der Waals surface area (Å²) in [6, 6.07) is 22.7. The van der Waals surface area contributed by atoms with Crippen molar-refractivity contribution in [1.82, 2.24) is 25.5 Å². The number of anilines is 1. The molecule has 1 aromatic heterocycles. The Balaban J connectivity index is 1.57.